The summed E-state index contributed by atoms with van der Waals surface area (Å²) in [5.74, 6) is 0.00968. The van der Waals surface area contributed by atoms with Gasteiger partial charge in [-0.1, -0.05) is 30.3 Å². The van der Waals surface area contributed by atoms with Crippen LogP contribution in [0.3, 0.4) is 0 Å². The standard InChI is InChI=1S/C22H18N6O3/c1-31-14-18-11-19-26-27(13-20(29)24-17-9-7-15(12-23)8-10-17)22(30)28(19)21(25-18)16-5-3-2-4-6-16/h2-11H,13-14H2,1H3,(H,24,29). The largest absolute Gasteiger partial charge is 0.378 e. The van der Waals surface area contributed by atoms with Crippen molar-refractivity contribution in [3.05, 3.63) is 82.4 Å². The molecule has 0 atom stereocenters. The molecule has 1 N–H and O–H groups in total. The van der Waals surface area contributed by atoms with Gasteiger partial charge in [0.1, 0.15) is 12.4 Å². The quantitative estimate of drug-likeness (QED) is 0.517. The molecule has 1 amide bonds. The van der Waals surface area contributed by atoms with Crippen molar-refractivity contribution in [2.75, 3.05) is 12.4 Å². The fourth-order valence-electron chi connectivity index (χ4n) is 3.15. The van der Waals surface area contributed by atoms with E-state index in [9.17, 15) is 9.59 Å². The number of fused-ring (bicyclic) bond motifs is 1. The van der Waals surface area contributed by atoms with Crippen LogP contribution in [0.4, 0.5) is 5.69 Å². The zero-order valence-corrected chi connectivity index (χ0v) is 16.6. The zero-order chi connectivity index (χ0) is 21.8. The molecule has 0 saturated heterocycles. The maximum atomic E-state index is 13.0. The molecule has 2 heterocycles. The predicted octanol–water partition coefficient (Wildman–Crippen LogP) is 2.21. The van der Waals surface area contributed by atoms with Crippen molar-refractivity contribution in [3.63, 3.8) is 0 Å². The summed E-state index contributed by atoms with van der Waals surface area (Å²) in [4.78, 5) is 30.1. The van der Waals surface area contributed by atoms with Crippen LogP contribution in [-0.2, 0) is 22.7 Å². The summed E-state index contributed by atoms with van der Waals surface area (Å²) in [6.07, 6.45) is 0. The van der Waals surface area contributed by atoms with Gasteiger partial charge in [0, 0.05) is 24.4 Å². The normalized spacial score (nSPS) is 10.7. The molecule has 4 aromatic rings. The summed E-state index contributed by atoms with van der Waals surface area (Å²) in [5, 5.41) is 15.9. The molecule has 0 bridgehead atoms. The molecule has 2 aromatic carbocycles. The van der Waals surface area contributed by atoms with Gasteiger partial charge >= 0.3 is 5.69 Å². The molecule has 0 saturated carbocycles. The number of carbonyl (C=O) groups is 1. The van der Waals surface area contributed by atoms with E-state index in [0.717, 1.165) is 10.2 Å². The lowest BCUT2D eigenvalue weighted by Crippen LogP contribution is -2.28. The Labute approximate surface area is 177 Å². The van der Waals surface area contributed by atoms with Crippen LogP contribution in [-0.4, -0.2) is 32.2 Å². The minimum atomic E-state index is -0.472. The Hall–Kier alpha value is -4.29. The lowest BCUT2D eigenvalue weighted by Gasteiger charge is -2.06. The van der Waals surface area contributed by atoms with Crippen LogP contribution < -0.4 is 11.0 Å². The van der Waals surface area contributed by atoms with E-state index in [0.29, 0.717) is 28.4 Å². The number of aromatic nitrogens is 4. The Morgan fingerprint density at radius 1 is 1.16 bits per heavy atom. The first kappa shape index (κ1) is 20.0. The van der Waals surface area contributed by atoms with Crippen molar-refractivity contribution in [1.82, 2.24) is 19.2 Å². The van der Waals surface area contributed by atoms with Gasteiger partial charge in [-0.25, -0.2) is 18.9 Å². The fraction of sp³-hybridized carbons (Fsp3) is 0.136. The lowest BCUT2D eigenvalue weighted by atomic mass is 10.2. The van der Waals surface area contributed by atoms with E-state index < -0.39 is 11.6 Å². The third kappa shape index (κ3) is 4.19. The minimum Gasteiger partial charge on any atom is -0.378 e. The van der Waals surface area contributed by atoms with Gasteiger partial charge in [0.05, 0.1) is 23.9 Å². The molecule has 0 spiro atoms. The molecule has 0 aliphatic heterocycles. The highest BCUT2D eigenvalue weighted by Gasteiger charge is 2.17. The molecule has 4 rings (SSSR count). The number of carbonyl (C=O) groups excluding carboxylic acids is 1. The van der Waals surface area contributed by atoms with Gasteiger partial charge in [-0.3, -0.25) is 4.79 Å². The lowest BCUT2D eigenvalue weighted by molar-refractivity contribution is -0.117. The first-order valence-corrected chi connectivity index (χ1v) is 9.43. The number of ether oxygens (including phenoxy) is 1. The molecular formula is C22H18N6O3. The van der Waals surface area contributed by atoms with Crippen LogP contribution in [0, 0.1) is 11.3 Å². The Morgan fingerprint density at radius 2 is 1.90 bits per heavy atom. The van der Waals surface area contributed by atoms with Crippen molar-refractivity contribution in [3.8, 4) is 17.5 Å². The topological polar surface area (TPSA) is 114 Å². The summed E-state index contributed by atoms with van der Waals surface area (Å²) in [6.45, 7) is -0.00901. The van der Waals surface area contributed by atoms with Crippen LogP contribution in [0.15, 0.2) is 65.5 Å². The number of hydrogen-bond acceptors (Lipinski definition) is 6. The van der Waals surface area contributed by atoms with Gasteiger partial charge in [-0.15, -0.1) is 5.10 Å². The third-order valence-corrected chi connectivity index (χ3v) is 4.54. The fourth-order valence-corrected chi connectivity index (χ4v) is 3.15. The van der Waals surface area contributed by atoms with Crippen molar-refractivity contribution in [2.45, 2.75) is 13.2 Å². The summed E-state index contributed by atoms with van der Waals surface area (Å²) in [7, 11) is 1.56. The summed E-state index contributed by atoms with van der Waals surface area (Å²) in [6, 6.07) is 19.4. The first-order chi connectivity index (χ1) is 15.1. The monoisotopic (exact) mass is 414 g/mol. The van der Waals surface area contributed by atoms with E-state index in [1.54, 1.807) is 37.4 Å². The van der Waals surface area contributed by atoms with Gasteiger partial charge in [0.25, 0.3) is 0 Å². The average Bonchev–Trinajstić information content (AvgIpc) is 3.09. The maximum Gasteiger partial charge on any atom is 0.352 e. The van der Waals surface area contributed by atoms with Gasteiger partial charge in [-0.05, 0) is 24.3 Å². The van der Waals surface area contributed by atoms with E-state index in [1.165, 1.54) is 4.40 Å². The molecule has 0 fully saturated rings. The van der Waals surface area contributed by atoms with Crippen molar-refractivity contribution < 1.29 is 9.53 Å². The van der Waals surface area contributed by atoms with Crippen LogP contribution in [0.5, 0.6) is 0 Å². The van der Waals surface area contributed by atoms with Gasteiger partial charge in [-0.2, -0.15) is 5.26 Å². The second-order valence-electron chi connectivity index (χ2n) is 6.74. The highest BCUT2D eigenvalue weighted by Crippen LogP contribution is 2.18. The summed E-state index contributed by atoms with van der Waals surface area (Å²) < 4.78 is 7.66. The molecule has 0 unspecified atom stereocenters. The highest BCUT2D eigenvalue weighted by atomic mass is 16.5. The number of rotatable bonds is 6. The Bertz CT molecular complexity index is 1330. The van der Waals surface area contributed by atoms with Crippen molar-refractivity contribution in [1.29, 1.82) is 5.26 Å². The second-order valence-corrected chi connectivity index (χ2v) is 6.74. The predicted molar refractivity (Wildman–Crippen MR) is 113 cm³/mol. The number of nitrogens with zero attached hydrogens (tertiary/aromatic N) is 5. The maximum absolute atomic E-state index is 13.0. The second kappa shape index (κ2) is 8.61. The molecule has 154 valence electrons. The molecule has 9 nitrogen and oxygen atoms in total. The number of nitrogens with one attached hydrogen (secondary N) is 1. The van der Waals surface area contributed by atoms with Crippen LogP contribution >= 0.6 is 0 Å². The van der Waals surface area contributed by atoms with Crippen LogP contribution in [0.25, 0.3) is 17.0 Å². The Balaban J connectivity index is 1.69. The number of nitriles is 1. The molecule has 2 aromatic heterocycles. The van der Waals surface area contributed by atoms with E-state index >= 15 is 0 Å². The number of amides is 1. The first-order valence-electron chi connectivity index (χ1n) is 9.43. The van der Waals surface area contributed by atoms with Crippen molar-refractivity contribution in [2.24, 2.45) is 0 Å². The van der Waals surface area contributed by atoms with Gasteiger partial charge in [0.2, 0.25) is 5.91 Å². The SMILES string of the molecule is COCc1cc2nn(CC(=O)Nc3ccc(C#N)cc3)c(=O)n2c(-c2ccccc2)n1. The smallest absolute Gasteiger partial charge is 0.352 e. The number of benzene rings is 2. The highest BCUT2D eigenvalue weighted by molar-refractivity contribution is 5.90. The number of hydrogen-bond donors (Lipinski definition) is 1. The summed E-state index contributed by atoms with van der Waals surface area (Å²) >= 11 is 0. The van der Waals surface area contributed by atoms with E-state index in [2.05, 4.69) is 15.4 Å². The van der Waals surface area contributed by atoms with Crippen molar-refractivity contribution >= 4 is 17.2 Å². The molecule has 0 aliphatic carbocycles. The third-order valence-electron chi connectivity index (χ3n) is 4.54. The minimum absolute atomic E-state index is 0.260. The molecule has 9 heteroatoms. The Kier molecular flexibility index (Phi) is 5.55. The molecule has 0 radical (unpaired) electrons. The zero-order valence-electron chi connectivity index (χ0n) is 16.6. The number of anilines is 1. The van der Waals surface area contributed by atoms with E-state index in [1.807, 2.05) is 36.4 Å². The average molecular weight is 414 g/mol. The number of methoxy groups -OCH3 is 1. The Morgan fingerprint density at radius 3 is 2.58 bits per heavy atom. The molecule has 31 heavy (non-hydrogen) atoms. The molecular weight excluding hydrogens is 396 g/mol. The van der Waals surface area contributed by atoms with Gasteiger partial charge < -0.3 is 10.1 Å². The van der Waals surface area contributed by atoms with E-state index in [4.69, 9.17) is 10.00 Å². The molecule has 0 aliphatic rings. The van der Waals surface area contributed by atoms with Crippen LogP contribution in [0.2, 0.25) is 0 Å². The van der Waals surface area contributed by atoms with E-state index in [-0.39, 0.29) is 13.2 Å². The van der Waals surface area contributed by atoms with Crippen LogP contribution in [0.1, 0.15) is 11.3 Å². The summed E-state index contributed by atoms with van der Waals surface area (Å²) in [5.41, 5.74) is 2.27. The van der Waals surface area contributed by atoms with Gasteiger partial charge in [0.15, 0.2) is 5.65 Å².